The topological polar surface area (TPSA) is 40.9 Å². The van der Waals surface area contributed by atoms with Gasteiger partial charge in [0.15, 0.2) is 0 Å². The molecule has 0 aromatic carbocycles. The zero-order valence-corrected chi connectivity index (χ0v) is 15.2. The van der Waals surface area contributed by atoms with E-state index in [0.717, 1.165) is 50.2 Å². The number of hydrogen-bond donors (Lipinski definition) is 0. The van der Waals surface area contributed by atoms with Crippen LogP contribution >= 0.6 is 11.3 Å². The predicted molar refractivity (Wildman–Crippen MR) is 100 cm³/mol. The maximum atomic E-state index is 13.0. The van der Waals surface area contributed by atoms with Crippen LogP contribution in [0.25, 0.3) is 5.52 Å². The highest BCUT2D eigenvalue weighted by molar-refractivity contribution is 7.09. The molecule has 1 aliphatic heterocycles. The van der Waals surface area contributed by atoms with Crippen molar-refractivity contribution in [2.45, 2.75) is 19.9 Å². The Kier molecular flexibility index (Phi) is 4.55. The van der Waals surface area contributed by atoms with E-state index in [1.807, 2.05) is 30.2 Å². The van der Waals surface area contributed by atoms with Gasteiger partial charge in [0.25, 0.3) is 5.91 Å². The number of aryl methyl sites for hydroxylation is 1. The van der Waals surface area contributed by atoms with Crippen molar-refractivity contribution in [3.8, 4) is 0 Å². The van der Waals surface area contributed by atoms with Crippen LogP contribution in [0.5, 0.6) is 0 Å². The average Bonchev–Trinajstić information content (AvgIpc) is 3.19. The van der Waals surface area contributed by atoms with E-state index in [4.69, 9.17) is 0 Å². The van der Waals surface area contributed by atoms with E-state index in [1.165, 1.54) is 4.88 Å². The summed E-state index contributed by atoms with van der Waals surface area (Å²) in [7, 11) is 0. The van der Waals surface area contributed by atoms with Gasteiger partial charge in [-0.25, -0.2) is 4.52 Å². The van der Waals surface area contributed by atoms with Crippen LogP contribution in [0.4, 0.5) is 0 Å². The molecule has 0 N–H and O–H groups in total. The minimum atomic E-state index is 0.0943. The van der Waals surface area contributed by atoms with Crippen LogP contribution in [0.2, 0.25) is 0 Å². The number of hydrogen-bond acceptors (Lipinski definition) is 4. The largest absolute Gasteiger partial charge is 0.337 e. The number of amides is 1. The summed E-state index contributed by atoms with van der Waals surface area (Å²) in [6, 6.07) is 8.29. The predicted octanol–water partition coefficient (Wildman–Crippen LogP) is 3.05. The molecule has 25 heavy (non-hydrogen) atoms. The van der Waals surface area contributed by atoms with E-state index in [0.29, 0.717) is 5.56 Å². The van der Waals surface area contributed by atoms with Gasteiger partial charge in [-0.1, -0.05) is 12.1 Å². The van der Waals surface area contributed by atoms with Gasteiger partial charge in [0.2, 0.25) is 0 Å². The van der Waals surface area contributed by atoms with Crippen LogP contribution in [0, 0.1) is 6.92 Å². The molecule has 1 saturated heterocycles. The van der Waals surface area contributed by atoms with Crippen LogP contribution in [-0.2, 0) is 6.54 Å². The highest BCUT2D eigenvalue weighted by atomic mass is 32.1. The fourth-order valence-electron chi connectivity index (χ4n) is 3.38. The number of carbonyl (C=O) groups excluding carboxylic acids is 1. The number of aromatic nitrogens is 2. The monoisotopic (exact) mass is 354 g/mol. The molecule has 0 atom stereocenters. The van der Waals surface area contributed by atoms with Crippen LogP contribution in [0.1, 0.15) is 27.2 Å². The van der Waals surface area contributed by atoms with Gasteiger partial charge < -0.3 is 4.90 Å². The minimum Gasteiger partial charge on any atom is -0.337 e. The maximum Gasteiger partial charge on any atom is 0.257 e. The molecule has 1 amide bonds. The van der Waals surface area contributed by atoms with E-state index >= 15 is 0 Å². The lowest BCUT2D eigenvalue weighted by Crippen LogP contribution is -2.35. The summed E-state index contributed by atoms with van der Waals surface area (Å²) in [6.45, 7) is 6.54. The first kappa shape index (κ1) is 16.3. The van der Waals surface area contributed by atoms with Crippen molar-refractivity contribution in [2.75, 3.05) is 26.2 Å². The van der Waals surface area contributed by atoms with Crippen LogP contribution < -0.4 is 0 Å². The summed E-state index contributed by atoms with van der Waals surface area (Å²) in [5.41, 5.74) is 2.72. The Bertz CT molecular complexity index is 871. The van der Waals surface area contributed by atoms with E-state index in [1.54, 1.807) is 22.0 Å². The van der Waals surface area contributed by atoms with Crippen molar-refractivity contribution < 1.29 is 4.79 Å². The van der Waals surface area contributed by atoms with Gasteiger partial charge >= 0.3 is 0 Å². The van der Waals surface area contributed by atoms with Crippen molar-refractivity contribution >= 4 is 22.8 Å². The second kappa shape index (κ2) is 6.98. The molecule has 0 radical (unpaired) electrons. The highest BCUT2D eigenvalue weighted by Crippen LogP contribution is 2.17. The number of nitrogens with zero attached hydrogens (tertiary/aromatic N) is 4. The number of thiophene rings is 1. The molecular formula is C19H22N4OS. The number of carbonyl (C=O) groups is 1. The molecule has 4 rings (SSSR count). The molecule has 6 heteroatoms. The highest BCUT2D eigenvalue weighted by Gasteiger charge is 2.23. The Balaban J connectivity index is 1.47. The molecule has 0 spiro atoms. The average molecular weight is 354 g/mol. The third kappa shape index (κ3) is 3.45. The quantitative estimate of drug-likeness (QED) is 0.726. The Morgan fingerprint density at radius 1 is 1.20 bits per heavy atom. The summed E-state index contributed by atoms with van der Waals surface area (Å²) < 4.78 is 1.80. The van der Waals surface area contributed by atoms with Gasteiger partial charge in [-0.15, -0.1) is 11.3 Å². The van der Waals surface area contributed by atoms with Crippen LogP contribution in [0.15, 0.2) is 42.0 Å². The van der Waals surface area contributed by atoms with E-state index in [2.05, 4.69) is 27.5 Å². The van der Waals surface area contributed by atoms with Gasteiger partial charge in [0.05, 0.1) is 17.3 Å². The zero-order valence-electron chi connectivity index (χ0n) is 14.4. The molecule has 5 nitrogen and oxygen atoms in total. The summed E-state index contributed by atoms with van der Waals surface area (Å²) >= 11 is 1.80. The third-order valence-electron chi connectivity index (χ3n) is 4.73. The molecule has 0 unspecified atom stereocenters. The third-order valence-corrected chi connectivity index (χ3v) is 5.59. The number of rotatable bonds is 3. The Morgan fingerprint density at radius 2 is 2.12 bits per heavy atom. The van der Waals surface area contributed by atoms with E-state index in [-0.39, 0.29) is 5.91 Å². The van der Waals surface area contributed by atoms with Crippen molar-refractivity contribution in [2.24, 2.45) is 0 Å². The van der Waals surface area contributed by atoms with Gasteiger partial charge in [0.1, 0.15) is 0 Å². The van der Waals surface area contributed by atoms with Crippen LogP contribution in [0.3, 0.4) is 0 Å². The van der Waals surface area contributed by atoms with Gasteiger partial charge in [-0.05, 0) is 36.4 Å². The number of pyridine rings is 1. The molecule has 4 heterocycles. The Labute approximate surface area is 151 Å². The molecule has 0 bridgehead atoms. The summed E-state index contributed by atoms with van der Waals surface area (Å²) in [5, 5.41) is 6.46. The fourth-order valence-corrected chi connectivity index (χ4v) is 4.12. The molecule has 3 aromatic heterocycles. The molecule has 0 saturated carbocycles. The van der Waals surface area contributed by atoms with Crippen LogP contribution in [-0.4, -0.2) is 51.5 Å². The molecule has 1 aliphatic rings. The van der Waals surface area contributed by atoms with Gasteiger partial charge in [-0.2, -0.15) is 5.10 Å². The van der Waals surface area contributed by atoms with Gasteiger partial charge in [0, 0.05) is 43.8 Å². The first-order valence-corrected chi connectivity index (χ1v) is 9.57. The zero-order chi connectivity index (χ0) is 17.2. The maximum absolute atomic E-state index is 13.0. The SMILES string of the molecule is Cc1ccc2c(C(=O)N3CCCN(Cc4cccs4)CC3)cnn2c1. The summed E-state index contributed by atoms with van der Waals surface area (Å²) in [4.78, 5) is 18.8. The first-order valence-electron chi connectivity index (χ1n) is 8.69. The smallest absolute Gasteiger partial charge is 0.257 e. The van der Waals surface area contributed by atoms with Crippen molar-refractivity contribution in [3.05, 3.63) is 58.0 Å². The van der Waals surface area contributed by atoms with Crippen molar-refractivity contribution in [1.82, 2.24) is 19.4 Å². The molecule has 130 valence electrons. The normalized spacial score (nSPS) is 16.3. The lowest BCUT2D eigenvalue weighted by atomic mass is 10.2. The van der Waals surface area contributed by atoms with Gasteiger partial charge in [-0.3, -0.25) is 9.69 Å². The summed E-state index contributed by atoms with van der Waals surface area (Å²) in [5.74, 6) is 0.0943. The lowest BCUT2D eigenvalue weighted by molar-refractivity contribution is 0.0763. The second-order valence-electron chi connectivity index (χ2n) is 6.60. The minimum absolute atomic E-state index is 0.0943. The molecule has 1 fully saturated rings. The fraction of sp³-hybridized carbons (Fsp3) is 0.368. The Morgan fingerprint density at radius 3 is 2.96 bits per heavy atom. The first-order chi connectivity index (χ1) is 12.2. The molecular weight excluding hydrogens is 332 g/mol. The second-order valence-corrected chi connectivity index (χ2v) is 7.63. The number of fused-ring (bicyclic) bond motifs is 1. The lowest BCUT2D eigenvalue weighted by Gasteiger charge is -2.21. The standard InChI is InChI=1S/C19H22N4OS/c1-15-5-6-18-17(12-20-23(18)13-15)19(24)22-8-3-7-21(9-10-22)14-16-4-2-11-25-16/h2,4-6,11-13H,3,7-10,14H2,1H3. The van der Waals surface area contributed by atoms with E-state index < -0.39 is 0 Å². The Hall–Kier alpha value is -2.18. The summed E-state index contributed by atoms with van der Waals surface area (Å²) in [6.07, 6.45) is 4.66. The molecule has 3 aromatic rings. The van der Waals surface area contributed by atoms with Crippen molar-refractivity contribution in [3.63, 3.8) is 0 Å². The molecule has 0 aliphatic carbocycles. The van der Waals surface area contributed by atoms with Crippen molar-refractivity contribution in [1.29, 1.82) is 0 Å². The van der Waals surface area contributed by atoms with E-state index in [9.17, 15) is 4.79 Å².